The van der Waals surface area contributed by atoms with Gasteiger partial charge in [-0.15, -0.1) is 0 Å². The fourth-order valence-electron chi connectivity index (χ4n) is 1.01. The lowest BCUT2D eigenvalue weighted by Gasteiger charge is -2.07. The molecule has 0 atom stereocenters. The molecule has 0 aliphatic heterocycles. The van der Waals surface area contributed by atoms with E-state index in [2.05, 4.69) is 33.0 Å². The lowest BCUT2D eigenvalue weighted by Crippen LogP contribution is -2.25. The van der Waals surface area contributed by atoms with Crippen LogP contribution in [0, 0.1) is 11.8 Å². The average molecular weight is 185 g/mol. The zero-order valence-electron chi connectivity index (χ0n) is 9.39. The van der Waals surface area contributed by atoms with Gasteiger partial charge in [0.15, 0.2) is 0 Å². The molecule has 0 heterocycles. The van der Waals surface area contributed by atoms with Gasteiger partial charge in [0, 0.05) is 13.0 Å². The molecule has 0 saturated carbocycles. The lowest BCUT2D eigenvalue weighted by atomic mass is 10.1. The van der Waals surface area contributed by atoms with Gasteiger partial charge in [0.25, 0.3) is 0 Å². The molecule has 0 aliphatic carbocycles. The molecular weight excluding hydrogens is 162 g/mol. The van der Waals surface area contributed by atoms with Gasteiger partial charge in [0.2, 0.25) is 5.91 Å². The van der Waals surface area contributed by atoms with Crippen LogP contribution in [0.2, 0.25) is 0 Å². The summed E-state index contributed by atoms with van der Waals surface area (Å²) in [6, 6.07) is 0. The van der Waals surface area contributed by atoms with Crippen LogP contribution in [-0.4, -0.2) is 12.5 Å². The number of carbonyl (C=O) groups is 1. The van der Waals surface area contributed by atoms with E-state index < -0.39 is 0 Å². The van der Waals surface area contributed by atoms with Crippen molar-refractivity contribution >= 4 is 5.91 Å². The molecule has 0 aliphatic rings. The van der Waals surface area contributed by atoms with E-state index in [4.69, 9.17) is 0 Å². The highest BCUT2D eigenvalue weighted by atomic mass is 16.1. The first kappa shape index (κ1) is 12.5. The lowest BCUT2D eigenvalue weighted by molar-refractivity contribution is -0.121. The normalized spacial score (nSPS) is 10.9. The number of hydrogen-bond donors (Lipinski definition) is 1. The Morgan fingerprint density at radius 1 is 1.08 bits per heavy atom. The molecule has 2 nitrogen and oxygen atoms in total. The fraction of sp³-hybridized carbons (Fsp3) is 0.909. The van der Waals surface area contributed by atoms with Crippen LogP contribution in [0.5, 0.6) is 0 Å². The third-order valence-corrected chi connectivity index (χ3v) is 1.99. The van der Waals surface area contributed by atoms with Gasteiger partial charge in [-0.3, -0.25) is 4.79 Å². The maximum absolute atomic E-state index is 11.2. The van der Waals surface area contributed by atoms with Crippen LogP contribution in [0.15, 0.2) is 0 Å². The molecule has 1 amide bonds. The topological polar surface area (TPSA) is 29.1 Å². The highest BCUT2D eigenvalue weighted by Gasteiger charge is 2.02. The Labute approximate surface area is 82.1 Å². The van der Waals surface area contributed by atoms with Crippen LogP contribution in [0.25, 0.3) is 0 Å². The zero-order valence-corrected chi connectivity index (χ0v) is 9.39. The Bertz CT molecular complexity index is 141. The second kappa shape index (κ2) is 6.93. The average Bonchev–Trinajstić information content (AvgIpc) is 2.00. The van der Waals surface area contributed by atoms with E-state index in [1.54, 1.807) is 0 Å². The Kier molecular flexibility index (Phi) is 6.65. The fourth-order valence-corrected chi connectivity index (χ4v) is 1.01. The van der Waals surface area contributed by atoms with Crippen molar-refractivity contribution in [2.24, 2.45) is 11.8 Å². The molecule has 0 aromatic heterocycles. The Morgan fingerprint density at radius 2 is 1.62 bits per heavy atom. The summed E-state index contributed by atoms with van der Waals surface area (Å²) >= 11 is 0. The highest BCUT2D eigenvalue weighted by Crippen LogP contribution is 2.03. The van der Waals surface area contributed by atoms with E-state index in [1.807, 2.05) is 0 Å². The van der Waals surface area contributed by atoms with Crippen molar-refractivity contribution < 1.29 is 4.79 Å². The summed E-state index contributed by atoms with van der Waals surface area (Å²) in [6.07, 6.45) is 2.75. The second-order valence-corrected chi connectivity index (χ2v) is 4.46. The largest absolute Gasteiger partial charge is 0.356 e. The van der Waals surface area contributed by atoms with Gasteiger partial charge in [-0.1, -0.05) is 27.7 Å². The molecule has 0 radical (unpaired) electrons. The summed E-state index contributed by atoms with van der Waals surface area (Å²) in [5.74, 6) is 1.50. The Hall–Kier alpha value is -0.530. The third-order valence-electron chi connectivity index (χ3n) is 1.99. The molecule has 78 valence electrons. The Morgan fingerprint density at radius 3 is 2.08 bits per heavy atom. The van der Waals surface area contributed by atoms with Gasteiger partial charge in [0.05, 0.1) is 0 Å². The molecule has 0 rings (SSSR count). The maximum atomic E-state index is 11.2. The quantitative estimate of drug-likeness (QED) is 0.677. The van der Waals surface area contributed by atoms with Crippen molar-refractivity contribution in [2.75, 3.05) is 6.54 Å². The first-order chi connectivity index (χ1) is 6.02. The maximum Gasteiger partial charge on any atom is 0.220 e. The third kappa shape index (κ3) is 9.38. The van der Waals surface area contributed by atoms with Gasteiger partial charge in [-0.05, 0) is 24.7 Å². The molecule has 1 N–H and O–H groups in total. The summed E-state index contributed by atoms with van der Waals surface area (Å²) in [5, 5.41) is 2.93. The number of amides is 1. The van der Waals surface area contributed by atoms with Crippen LogP contribution in [0.4, 0.5) is 0 Å². The van der Waals surface area contributed by atoms with Crippen molar-refractivity contribution in [1.82, 2.24) is 5.32 Å². The van der Waals surface area contributed by atoms with Gasteiger partial charge in [-0.25, -0.2) is 0 Å². The van der Waals surface area contributed by atoms with Crippen LogP contribution < -0.4 is 5.32 Å². The molecule has 0 aromatic carbocycles. The van der Waals surface area contributed by atoms with Crippen molar-refractivity contribution in [3.05, 3.63) is 0 Å². The summed E-state index contributed by atoms with van der Waals surface area (Å²) < 4.78 is 0. The van der Waals surface area contributed by atoms with Crippen molar-refractivity contribution in [3.8, 4) is 0 Å². The van der Waals surface area contributed by atoms with E-state index >= 15 is 0 Å². The van der Waals surface area contributed by atoms with E-state index in [1.165, 1.54) is 0 Å². The van der Waals surface area contributed by atoms with E-state index in [0.29, 0.717) is 18.3 Å². The molecule has 0 aromatic rings. The van der Waals surface area contributed by atoms with Gasteiger partial charge in [-0.2, -0.15) is 0 Å². The predicted molar refractivity (Wildman–Crippen MR) is 56.5 cm³/mol. The van der Waals surface area contributed by atoms with Crippen molar-refractivity contribution in [3.63, 3.8) is 0 Å². The number of carbonyl (C=O) groups excluding carboxylic acids is 1. The minimum atomic E-state index is 0.203. The van der Waals surface area contributed by atoms with Crippen molar-refractivity contribution in [1.29, 1.82) is 0 Å². The summed E-state index contributed by atoms with van der Waals surface area (Å²) in [5.41, 5.74) is 0. The highest BCUT2D eigenvalue weighted by molar-refractivity contribution is 5.75. The van der Waals surface area contributed by atoms with Crippen LogP contribution >= 0.6 is 0 Å². The molecule has 0 unspecified atom stereocenters. The van der Waals surface area contributed by atoms with Crippen LogP contribution in [0.1, 0.15) is 47.0 Å². The molecule has 0 bridgehead atoms. The standard InChI is InChI=1S/C11H23NO/c1-9(2)5-6-11(13)12-8-7-10(3)4/h9-10H,5-8H2,1-4H3,(H,12,13). The number of rotatable bonds is 6. The molecular formula is C11H23NO. The Balaban J connectivity index is 3.30. The molecule has 0 saturated heterocycles. The first-order valence-electron chi connectivity index (χ1n) is 5.29. The van der Waals surface area contributed by atoms with E-state index in [0.717, 1.165) is 19.4 Å². The minimum absolute atomic E-state index is 0.203. The molecule has 13 heavy (non-hydrogen) atoms. The van der Waals surface area contributed by atoms with Crippen LogP contribution in [-0.2, 0) is 4.79 Å². The van der Waals surface area contributed by atoms with E-state index in [9.17, 15) is 4.79 Å². The predicted octanol–water partition coefficient (Wildman–Crippen LogP) is 2.58. The molecule has 0 spiro atoms. The van der Waals surface area contributed by atoms with E-state index in [-0.39, 0.29) is 5.91 Å². The zero-order chi connectivity index (χ0) is 10.3. The van der Waals surface area contributed by atoms with Gasteiger partial charge in [0.1, 0.15) is 0 Å². The molecule has 0 fully saturated rings. The number of hydrogen-bond acceptors (Lipinski definition) is 1. The first-order valence-corrected chi connectivity index (χ1v) is 5.29. The monoisotopic (exact) mass is 185 g/mol. The SMILES string of the molecule is CC(C)CCNC(=O)CCC(C)C. The second-order valence-electron chi connectivity index (χ2n) is 4.46. The van der Waals surface area contributed by atoms with Crippen LogP contribution in [0.3, 0.4) is 0 Å². The smallest absolute Gasteiger partial charge is 0.220 e. The summed E-state index contributed by atoms with van der Waals surface area (Å²) in [7, 11) is 0. The number of nitrogens with one attached hydrogen (secondary N) is 1. The molecule has 2 heteroatoms. The summed E-state index contributed by atoms with van der Waals surface area (Å²) in [6.45, 7) is 9.44. The van der Waals surface area contributed by atoms with Crippen molar-refractivity contribution in [2.45, 2.75) is 47.0 Å². The minimum Gasteiger partial charge on any atom is -0.356 e. The van der Waals surface area contributed by atoms with Gasteiger partial charge >= 0.3 is 0 Å². The van der Waals surface area contributed by atoms with Gasteiger partial charge < -0.3 is 5.32 Å². The summed E-state index contributed by atoms with van der Waals surface area (Å²) in [4.78, 5) is 11.2.